The molecule has 0 spiro atoms. The van der Waals surface area contributed by atoms with Crippen molar-refractivity contribution < 1.29 is 8.42 Å². The van der Waals surface area contributed by atoms with E-state index in [0.29, 0.717) is 19.6 Å². The Balaban J connectivity index is 2.14. The lowest BCUT2D eigenvalue weighted by atomic mass is 10.2. The van der Waals surface area contributed by atoms with Gasteiger partial charge in [-0.1, -0.05) is 30.3 Å². The molecular formula is C13H18N2O2S. The van der Waals surface area contributed by atoms with Gasteiger partial charge in [-0.15, -0.1) is 0 Å². The third kappa shape index (κ3) is 3.19. The van der Waals surface area contributed by atoms with E-state index in [1.54, 1.807) is 10.4 Å². The largest absolute Gasteiger partial charge is 0.314 e. The molecule has 1 saturated heterocycles. The van der Waals surface area contributed by atoms with Crippen molar-refractivity contribution in [3.8, 4) is 0 Å². The Bertz CT molecular complexity index is 511. The molecule has 0 amide bonds. The van der Waals surface area contributed by atoms with Gasteiger partial charge in [0.05, 0.1) is 0 Å². The Labute approximate surface area is 108 Å². The van der Waals surface area contributed by atoms with Crippen molar-refractivity contribution in [1.29, 1.82) is 0 Å². The minimum absolute atomic E-state index is 0.00386. The molecule has 4 nitrogen and oxygen atoms in total. The molecule has 5 heteroatoms. The Hall–Kier alpha value is -1.17. The van der Waals surface area contributed by atoms with Crippen LogP contribution in [0, 0.1) is 0 Å². The van der Waals surface area contributed by atoms with Crippen molar-refractivity contribution >= 4 is 16.1 Å². The number of piperazine rings is 1. The highest BCUT2D eigenvalue weighted by atomic mass is 32.2. The van der Waals surface area contributed by atoms with E-state index in [4.69, 9.17) is 0 Å². The maximum absolute atomic E-state index is 12.2. The van der Waals surface area contributed by atoms with E-state index in [1.165, 1.54) is 5.41 Å². The second kappa shape index (κ2) is 5.65. The molecular weight excluding hydrogens is 248 g/mol. The second-order valence-electron chi connectivity index (χ2n) is 4.42. The zero-order chi connectivity index (χ0) is 13.0. The summed E-state index contributed by atoms with van der Waals surface area (Å²) in [5.41, 5.74) is 0.892. The van der Waals surface area contributed by atoms with Gasteiger partial charge < -0.3 is 5.32 Å². The molecule has 1 atom stereocenters. The zero-order valence-electron chi connectivity index (χ0n) is 10.4. The van der Waals surface area contributed by atoms with Crippen LogP contribution in [0.25, 0.3) is 6.08 Å². The van der Waals surface area contributed by atoms with E-state index in [-0.39, 0.29) is 6.04 Å². The van der Waals surface area contributed by atoms with Gasteiger partial charge in [0, 0.05) is 31.1 Å². The molecule has 0 aromatic heterocycles. The summed E-state index contributed by atoms with van der Waals surface area (Å²) in [5, 5.41) is 4.48. The number of nitrogens with zero attached hydrogens (tertiary/aromatic N) is 1. The van der Waals surface area contributed by atoms with Gasteiger partial charge in [-0.05, 0) is 18.6 Å². The van der Waals surface area contributed by atoms with E-state index in [1.807, 2.05) is 37.3 Å². The first-order valence-corrected chi connectivity index (χ1v) is 7.55. The van der Waals surface area contributed by atoms with Gasteiger partial charge >= 0.3 is 0 Å². The Morgan fingerprint density at radius 1 is 1.33 bits per heavy atom. The average Bonchev–Trinajstić information content (AvgIpc) is 2.38. The minimum atomic E-state index is -3.32. The topological polar surface area (TPSA) is 49.4 Å². The predicted molar refractivity (Wildman–Crippen MR) is 73.4 cm³/mol. The maximum atomic E-state index is 12.2. The molecule has 0 aliphatic carbocycles. The summed E-state index contributed by atoms with van der Waals surface area (Å²) in [7, 11) is -3.32. The highest BCUT2D eigenvalue weighted by Crippen LogP contribution is 2.12. The van der Waals surface area contributed by atoms with E-state index in [9.17, 15) is 8.42 Å². The van der Waals surface area contributed by atoms with Crippen LogP contribution in [0.4, 0.5) is 0 Å². The summed E-state index contributed by atoms with van der Waals surface area (Å²) in [4.78, 5) is 0. The van der Waals surface area contributed by atoms with Gasteiger partial charge in [0.2, 0.25) is 10.0 Å². The molecule has 2 rings (SSSR count). The first-order valence-electron chi connectivity index (χ1n) is 6.05. The number of hydrogen-bond donors (Lipinski definition) is 1. The van der Waals surface area contributed by atoms with Crippen molar-refractivity contribution in [2.75, 3.05) is 19.6 Å². The van der Waals surface area contributed by atoms with Crippen molar-refractivity contribution in [2.24, 2.45) is 0 Å². The molecule has 0 radical (unpaired) electrons. The minimum Gasteiger partial charge on any atom is -0.314 e. The van der Waals surface area contributed by atoms with Crippen LogP contribution in [0.15, 0.2) is 35.7 Å². The van der Waals surface area contributed by atoms with Crippen LogP contribution in [0.1, 0.15) is 12.5 Å². The molecule has 18 heavy (non-hydrogen) atoms. The molecule has 1 aromatic rings. The molecule has 1 aliphatic rings. The summed E-state index contributed by atoms with van der Waals surface area (Å²) in [6, 6.07) is 9.45. The lowest BCUT2D eigenvalue weighted by molar-refractivity contribution is 0.287. The number of sulfonamides is 1. The number of rotatable bonds is 3. The lowest BCUT2D eigenvalue weighted by Crippen LogP contribution is -2.51. The fourth-order valence-corrected chi connectivity index (χ4v) is 3.41. The van der Waals surface area contributed by atoms with Gasteiger partial charge in [-0.3, -0.25) is 0 Å². The van der Waals surface area contributed by atoms with E-state index < -0.39 is 10.0 Å². The van der Waals surface area contributed by atoms with Crippen LogP contribution in [0.3, 0.4) is 0 Å². The fraction of sp³-hybridized carbons (Fsp3) is 0.385. The third-order valence-electron chi connectivity index (χ3n) is 3.00. The normalized spacial score (nSPS) is 22.4. The summed E-state index contributed by atoms with van der Waals surface area (Å²) < 4.78 is 25.9. The van der Waals surface area contributed by atoms with Crippen LogP contribution in [0.2, 0.25) is 0 Å². The van der Waals surface area contributed by atoms with Gasteiger partial charge in [0.15, 0.2) is 0 Å². The number of nitrogens with one attached hydrogen (secondary N) is 1. The zero-order valence-corrected chi connectivity index (χ0v) is 11.2. The first-order chi connectivity index (χ1) is 8.59. The van der Waals surface area contributed by atoms with Gasteiger partial charge in [0.25, 0.3) is 0 Å². The summed E-state index contributed by atoms with van der Waals surface area (Å²) in [6.07, 6.45) is 1.64. The van der Waals surface area contributed by atoms with Crippen molar-refractivity contribution in [3.63, 3.8) is 0 Å². The Morgan fingerprint density at radius 3 is 2.72 bits per heavy atom. The lowest BCUT2D eigenvalue weighted by Gasteiger charge is -2.31. The molecule has 0 saturated carbocycles. The van der Waals surface area contributed by atoms with Gasteiger partial charge in [-0.2, -0.15) is 4.31 Å². The SMILES string of the molecule is CC1CNCCN1S(=O)(=O)/C=C/c1ccccc1. The van der Waals surface area contributed by atoms with E-state index in [0.717, 1.165) is 5.56 Å². The van der Waals surface area contributed by atoms with Gasteiger partial charge in [-0.25, -0.2) is 8.42 Å². The molecule has 1 N–H and O–H groups in total. The third-order valence-corrected chi connectivity index (χ3v) is 4.68. The fourth-order valence-electron chi connectivity index (χ4n) is 2.01. The standard InChI is InChI=1S/C13H18N2O2S/c1-12-11-14-8-9-15(12)18(16,17)10-7-13-5-3-2-4-6-13/h2-7,10,12,14H,8-9,11H2,1H3/b10-7+. The van der Waals surface area contributed by atoms with Crippen LogP contribution < -0.4 is 5.32 Å². The quantitative estimate of drug-likeness (QED) is 0.896. The predicted octanol–water partition coefficient (Wildman–Crippen LogP) is 1.28. The first kappa shape index (κ1) is 13.3. The highest BCUT2D eigenvalue weighted by molar-refractivity contribution is 7.92. The Morgan fingerprint density at radius 2 is 2.06 bits per heavy atom. The van der Waals surface area contributed by atoms with Crippen LogP contribution in [-0.4, -0.2) is 38.4 Å². The average molecular weight is 266 g/mol. The summed E-state index contributed by atoms with van der Waals surface area (Å²) in [6.45, 7) is 3.86. The van der Waals surface area contributed by atoms with Crippen LogP contribution in [0.5, 0.6) is 0 Å². The number of hydrogen-bond acceptors (Lipinski definition) is 3. The van der Waals surface area contributed by atoms with E-state index >= 15 is 0 Å². The molecule has 1 aromatic carbocycles. The molecule has 1 fully saturated rings. The molecule has 98 valence electrons. The molecule has 0 bridgehead atoms. The Kier molecular flexibility index (Phi) is 4.16. The summed E-state index contributed by atoms with van der Waals surface area (Å²) >= 11 is 0. The smallest absolute Gasteiger partial charge is 0.236 e. The molecule has 1 unspecified atom stereocenters. The number of benzene rings is 1. The van der Waals surface area contributed by atoms with Crippen molar-refractivity contribution in [1.82, 2.24) is 9.62 Å². The highest BCUT2D eigenvalue weighted by Gasteiger charge is 2.27. The van der Waals surface area contributed by atoms with E-state index in [2.05, 4.69) is 5.32 Å². The maximum Gasteiger partial charge on any atom is 0.236 e. The molecule has 1 aliphatic heterocycles. The van der Waals surface area contributed by atoms with Crippen LogP contribution >= 0.6 is 0 Å². The van der Waals surface area contributed by atoms with Gasteiger partial charge in [0.1, 0.15) is 0 Å². The second-order valence-corrected chi connectivity index (χ2v) is 6.19. The van der Waals surface area contributed by atoms with Crippen molar-refractivity contribution in [3.05, 3.63) is 41.3 Å². The molecule has 1 heterocycles. The monoisotopic (exact) mass is 266 g/mol. The van der Waals surface area contributed by atoms with Crippen LogP contribution in [-0.2, 0) is 10.0 Å². The summed E-state index contributed by atoms with van der Waals surface area (Å²) in [5.74, 6) is 0. The van der Waals surface area contributed by atoms with Crippen molar-refractivity contribution in [2.45, 2.75) is 13.0 Å².